The van der Waals surface area contributed by atoms with E-state index in [0.717, 1.165) is 18.8 Å². The topological polar surface area (TPSA) is 53.4 Å². The predicted octanol–water partition coefficient (Wildman–Crippen LogP) is 1.44. The van der Waals surface area contributed by atoms with E-state index in [-0.39, 0.29) is 0 Å². The lowest BCUT2D eigenvalue weighted by Crippen LogP contribution is -2.46. The highest BCUT2D eigenvalue weighted by Crippen LogP contribution is 2.34. The van der Waals surface area contributed by atoms with E-state index < -0.39 is 11.4 Å². The average Bonchev–Trinajstić information content (AvgIpc) is 2.30. The van der Waals surface area contributed by atoms with Gasteiger partial charge in [-0.3, -0.25) is 9.78 Å². The smallest absolute Gasteiger partial charge is 0.315 e. The Bertz CT molecular complexity index is 423. The van der Waals surface area contributed by atoms with Gasteiger partial charge in [-0.2, -0.15) is 0 Å². The number of carbonyl (C=O) groups is 1. The van der Waals surface area contributed by atoms with Gasteiger partial charge >= 0.3 is 5.97 Å². The minimum Gasteiger partial charge on any atom is -0.481 e. The standard InChI is InChI=1S/C13H18N2O2/c1-10-4-3-5-11(14-10)13(12(16)17)6-8-15(2)9-7-13/h3-5H,6-9H2,1-2H3,(H,16,17). The van der Waals surface area contributed by atoms with Crippen LogP contribution in [0.1, 0.15) is 24.2 Å². The number of aliphatic carboxylic acids is 1. The maximum absolute atomic E-state index is 11.6. The molecular weight excluding hydrogens is 216 g/mol. The van der Waals surface area contributed by atoms with E-state index in [9.17, 15) is 9.90 Å². The minimum absolute atomic E-state index is 0.634. The van der Waals surface area contributed by atoms with Crippen LogP contribution in [0.2, 0.25) is 0 Å². The fourth-order valence-corrected chi connectivity index (χ4v) is 2.39. The minimum atomic E-state index is -0.793. The normalized spacial score (nSPS) is 20.1. The molecule has 2 heterocycles. The molecule has 4 nitrogen and oxygen atoms in total. The maximum atomic E-state index is 11.6. The molecule has 4 heteroatoms. The summed E-state index contributed by atoms with van der Waals surface area (Å²) in [6.45, 7) is 3.51. The second kappa shape index (κ2) is 4.45. The van der Waals surface area contributed by atoms with E-state index in [1.165, 1.54) is 0 Å². The van der Waals surface area contributed by atoms with E-state index in [0.29, 0.717) is 18.5 Å². The largest absolute Gasteiger partial charge is 0.481 e. The van der Waals surface area contributed by atoms with Crippen molar-refractivity contribution in [1.82, 2.24) is 9.88 Å². The van der Waals surface area contributed by atoms with Gasteiger partial charge < -0.3 is 10.0 Å². The Morgan fingerprint density at radius 2 is 2.06 bits per heavy atom. The molecule has 0 bridgehead atoms. The summed E-state index contributed by atoms with van der Waals surface area (Å²) in [6.07, 6.45) is 1.27. The van der Waals surface area contributed by atoms with Crippen molar-refractivity contribution in [2.24, 2.45) is 0 Å². The van der Waals surface area contributed by atoms with Crippen molar-refractivity contribution < 1.29 is 9.90 Å². The molecule has 0 aromatic carbocycles. The second-order valence-corrected chi connectivity index (χ2v) is 4.85. The number of likely N-dealkylation sites (tertiary alicyclic amines) is 1. The first-order valence-electron chi connectivity index (χ1n) is 5.91. The van der Waals surface area contributed by atoms with Crippen LogP contribution in [0.25, 0.3) is 0 Å². The number of carboxylic acid groups (broad SMARTS) is 1. The lowest BCUT2D eigenvalue weighted by molar-refractivity contribution is -0.146. The number of rotatable bonds is 2. The van der Waals surface area contributed by atoms with Gasteiger partial charge in [-0.05, 0) is 52.0 Å². The molecule has 1 aliphatic heterocycles. The van der Waals surface area contributed by atoms with Gasteiger partial charge in [-0.1, -0.05) is 6.07 Å². The van der Waals surface area contributed by atoms with Crippen molar-refractivity contribution in [3.05, 3.63) is 29.6 Å². The second-order valence-electron chi connectivity index (χ2n) is 4.85. The van der Waals surface area contributed by atoms with Crippen LogP contribution < -0.4 is 0 Å². The zero-order valence-electron chi connectivity index (χ0n) is 10.3. The molecule has 92 valence electrons. The number of carboxylic acids is 1. The highest BCUT2D eigenvalue weighted by Gasteiger charge is 2.43. The number of pyridine rings is 1. The molecule has 0 atom stereocenters. The van der Waals surface area contributed by atoms with E-state index >= 15 is 0 Å². The van der Waals surface area contributed by atoms with Crippen LogP contribution in [-0.2, 0) is 10.2 Å². The zero-order valence-corrected chi connectivity index (χ0v) is 10.3. The summed E-state index contributed by atoms with van der Waals surface area (Å²) in [5, 5.41) is 9.56. The molecule has 1 aromatic rings. The predicted molar refractivity (Wildman–Crippen MR) is 65.0 cm³/mol. The summed E-state index contributed by atoms with van der Waals surface area (Å²) >= 11 is 0. The Morgan fingerprint density at radius 1 is 1.41 bits per heavy atom. The summed E-state index contributed by atoms with van der Waals surface area (Å²) in [4.78, 5) is 18.2. The molecule has 0 amide bonds. The van der Waals surface area contributed by atoms with Gasteiger partial charge in [0.15, 0.2) is 0 Å². The SMILES string of the molecule is Cc1cccc(C2(C(=O)O)CCN(C)CC2)n1. The number of nitrogens with zero attached hydrogens (tertiary/aromatic N) is 2. The summed E-state index contributed by atoms with van der Waals surface area (Å²) in [6, 6.07) is 5.63. The first-order chi connectivity index (χ1) is 8.04. The van der Waals surface area contributed by atoms with Crippen LogP contribution in [-0.4, -0.2) is 41.1 Å². The fourth-order valence-electron chi connectivity index (χ4n) is 2.39. The molecule has 0 aliphatic carbocycles. The molecule has 1 fully saturated rings. The monoisotopic (exact) mass is 234 g/mol. The number of hydrogen-bond acceptors (Lipinski definition) is 3. The van der Waals surface area contributed by atoms with Crippen LogP contribution in [0.4, 0.5) is 0 Å². The lowest BCUT2D eigenvalue weighted by Gasteiger charge is -2.36. The van der Waals surface area contributed by atoms with Crippen molar-refractivity contribution in [3.63, 3.8) is 0 Å². The Morgan fingerprint density at radius 3 is 2.59 bits per heavy atom. The molecule has 1 saturated heterocycles. The van der Waals surface area contributed by atoms with Crippen molar-refractivity contribution >= 4 is 5.97 Å². The van der Waals surface area contributed by atoms with Crippen molar-refractivity contribution in [3.8, 4) is 0 Å². The quantitative estimate of drug-likeness (QED) is 0.841. The van der Waals surface area contributed by atoms with Crippen LogP contribution in [0.5, 0.6) is 0 Å². The molecule has 0 saturated carbocycles. The van der Waals surface area contributed by atoms with Gasteiger partial charge in [0.25, 0.3) is 0 Å². The van der Waals surface area contributed by atoms with Gasteiger partial charge in [0, 0.05) is 5.69 Å². The van der Waals surface area contributed by atoms with Crippen LogP contribution in [0.3, 0.4) is 0 Å². The maximum Gasteiger partial charge on any atom is 0.315 e. The molecule has 0 spiro atoms. The number of piperidine rings is 1. The highest BCUT2D eigenvalue weighted by molar-refractivity contribution is 5.81. The molecule has 1 aliphatic rings. The van der Waals surface area contributed by atoms with E-state index in [1.54, 1.807) is 0 Å². The summed E-state index contributed by atoms with van der Waals surface area (Å²) < 4.78 is 0. The number of hydrogen-bond donors (Lipinski definition) is 1. The Kier molecular flexibility index (Phi) is 3.15. The third kappa shape index (κ3) is 2.17. The summed E-state index contributed by atoms with van der Waals surface area (Å²) in [5.41, 5.74) is 0.790. The van der Waals surface area contributed by atoms with Crippen LogP contribution >= 0.6 is 0 Å². The van der Waals surface area contributed by atoms with Gasteiger partial charge in [0.05, 0.1) is 5.69 Å². The summed E-state index contributed by atoms with van der Waals surface area (Å²) in [5.74, 6) is -0.747. The summed E-state index contributed by atoms with van der Waals surface area (Å²) in [7, 11) is 2.02. The molecular formula is C13H18N2O2. The molecule has 1 aromatic heterocycles. The third-order valence-corrected chi connectivity index (χ3v) is 3.63. The van der Waals surface area contributed by atoms with Crippen molar-refractivity contribution in [2.45, 2.75) is 25.2 Å². The highest BCUT2D eigenvalue weighted by atomic mass is 16.4. The first-order valence-corrected chi connectivity index (χ1v) is 5.91. The Hall–Kier alpha value is -1.42. The first kappa shape index (κ1) is 12.0. The van der Waals surface area contributed by atoms with Crippen LogP contribution in [0.15, 0.2) is 18.2 Å². The lowest BCUT2D eigenvalue weighted by atomic mass is 9.75. The van der Waals surface area contributed by atoms with E-state index in [1.807, 2.05) is 32.2 Å². The van der Waals surface area contributed by atoms with Crippen molar-refractivity contribution in [2.75, 3.05) is 20.1 Å². The number of aromatic nitrogens is 1. The van der Waals surface area contributed by atoms with Crippen molar-refractivity contribution in [1.29, 1.82) is 0 Å². The molecule has 0 radical (unpaired) electrons. The van der Waals surface area contributed by atoms with Gasteiger partial charge in [-0.25, -0.2) is 0 Å². The van der Waals surface area contributed by atoms with E-state index in [4.69, 9.17) is 0 Å². The third-order valence-electron chi connectivity index (χ3n) is 3.63. The molecule has 17 heavy (non-hydrogen) atoms. The van der Waals surface area contributed by atoms with Gasteiger partial charge in [0.1, 0.15) is 5.41 Å². The number of aryl methyl sites for hydroxylation is 1. The zero-order chi connectivity index (χ0) is 12.5. The average molecular weight is 234 g/mol. The Labute approximate surface area is 101 Å². The molecule has 1 N–H and O–H groups in total. The molecule has 2 rings (SSSR count). The van der Waals surface area contributed by atoms with E-state index in [2.05, 4.69) is 9.88 Å². The van der Waals surface area contributed by atoms with Gasteiger partial charge in [-0.15, -0.1) is 0 Å². The molecule has 0 unspecified atom stereocenters. The Balaban J connectivity index is 2.38. The van der Waals surface area contributed by atoms with Gasteiger partial charge in [0.2, 0.25) is 0 Å². The van der Waals surface area contributed by atoms with Crippen LogP contribution in [0, 0.1) is 6.92 Å². The fraction of sp³-hybridized carbons (Fsp3) is 0.538.